The molecule has 0 atom stereocenters. The molecule has 0 radical (unpaired) electrons. The number of hydrogen-bond donors (Lipinski definition) is 0. The van der Waals surface area contributed by atoms with Crippen molar-refractivity contribution in [1.82, 2.24) is 9.21 Å². The molecule has 0 aromatic heterocycles. The van der Waals surface area contributed by atoms with Crippen molar-refractivity contribution in [2.75, 3.05) is 6.54 Å². The molecule has 0 saturated heterocycles. The monoisotopic (exact) mass is 586 g/mol. The largest absolute Gasteiger partial charge is 0.333 e. The molecule has 0 aliphatic rings. The first-order chi connectivity index (χ1) is 18.2. The Kier molecular flexibility index (Phi) is 9.47. The van der Waals surface area contributed by atoms with Gasteiger partial charge in [0.2, 0.25) is 15.9 Å². The minimum absolute atomic E-state index is 0.0254. The Labute approximate surface area is 238 Å². The highest BCUT2D eigenvalue weighted by atomic mass is 35.5. The van der Waals surface area contributed by atoms with Crippen LogP contribution in [-0.2, 0) is 34.5 Å². The third-order valence-electron chi connectivity index (χ3n) is 5.91. The van der Waals surface area contributed by atoms with Gasteiger partial charge in [-0.15, -0.1) is 0 Å². The number of amides is 1. The summed E-state index contributed by atoms with van der Waals surface area (Å²) in [4.78, 5) is 15.4. The van der Waals surface area contributed by atoms with Crippen molar-refractivity contribution in [3.8, 4) is 0 Å². The van der Waals surface area contributed by atoms with Crippen molar-refractivity contribution >= 4 is 50.7 Å². The molecule has 4 aromatic rings. The van der Waals surface area contributed by atoms with Crippen molar-refractivity contribution in [1.29, 1.82) is 0 Å². The summed E-state index contributed by atoms with van der Waals surface area (Å²) < 4.78 is 28.6. The summed E-state index contributed by atoms with van der Waals surface area (Å²) >= 11 is 18.4. The van der Waals surface area contributed by atoms with Gasteiger partial charge in [-0.05, 0) is 53.1 Å². The number of benzene rings is 4. The van der Waals surface area contributed by atoms with Crippen LogP contribution >= 0.6 is 34.8 Å². The molecule has 0 unspecified atom stereocenters. The lowest BCUT2D eigenvalue weighted by Gasteiger charge is -2.28. The van der Waals surface area contributed by atoms with E-state index >= 15 is 0 Å². The van der Waals surface area contributed by atoms with E-state index in [1.807, 2.05) is 60.7 Å². The lowest BCUT2D eigenvalue weighted by molar-refractivity contribution is -0.132. The molecule has 38 heavy (non-hydrogen) atoms. The number of nitrogens with zero attached hydrogens (tertiary/aromatic N) is 2. The highest BCUT2D eigenvalue weighted by molar-refractivity contribution is 7.89. The molecule has 0 aliphatic carbocycles. The smallest absolute Gasteiger partial charge is 0.243 e. The van der Waals surface area contributed by atoms with Gasteiger partial charge < -0.3 is 4.90 Å². The topological polar surface area (TPSA) is 57.7 Å². The summed E-state index contributed by atoms with van der Waals surface area (Å²) in [7, 11) is -4.08. The molecule has 0 fully saturated rings. The maximum absolute atomic E-state index is 13.8. The fourth-order valence-corrected chi connectivity index (χ4v) is 5.87. The number of carbonyl (C=O) groups excluding carboxylic acids is 1. The minimum Gasteiger partial charge on any atom is -0.333 e. The number of rotatable bonds is 10. The Morgan fingerprint density at radius 3 is 1.71 bits per heavy atom. The summed E-state index contributed by atoms with van der Waals surface area (Å²) in [6.07, 6.45) is 0. The van der Waals surface area contributed by atoms with Gasteiger partial charge in [-0.2, -0.15) is 4.31 Å². The van der Waals surface area contributed by atoms with Gasteiger partial charge in [0.15, 0.2) is 0 Å². The van der Waals surface area contributed by atoms with Crippen LogP contribution in [0.1, 0.15) is 16.7 Å². The molecule has 0 heterocycles. The predicted molar refractivity (Wildman–Crippen MR) is 153 cm³/mol. The van der Waals surface area contributed by atoms with E-state index in [1.54, 1.807) is 23.1 Å². The van der Waals surface area contributed by atoms with Crippen LogP contribution in [0.2, 0.25) is 15.1 Å². The molecule has 4 rings (SSSR count). The number of hydrogen-bond acceptors (Lipinski definition) is 3. The second-order valence-electron chi connectivity index (χ2n) is 8.68. The molecule has 4 aromatic carbocycles. The molecule has 1 amide bonds. The number of carbonyl (C=O) groups is 1. The van der Waals surface area contributed by atoms with E-state index in [-0.39, 0.29) is 23.9 Å². The molecule has 9 heteroatoms. The first kappa shape index (κ1) is 28.1. The lowest BCUT2D eigenvalue weighted by Crippen LogP contribution is -2.42. The van der Waals surface area contributed by atoms with Gasteiger partial charge in [0.25, 0.3) is 0 Å². The standard InChI is InChI=1S/C29H25Cl3N2O3S/c30-25-13-15-27(16-14-25)38(36,37)34(20-24-11-12-26(31)17-28(24)32)21-29(35)33(18-22-7-3-1-4-8-22)19-23-9-5-2-6-10-23/h1-17H,18-21H2. The van der Waals surface area contributed by atoms with E-state index in [4.69, 9.17) is 34.8 Å². The van der Waals surface area contributed by atoms with Gasteiger partial charge in [0.05, 0.1) is 11.4 Å². The number of halogens is 3. The van der Waals surface area contributed by atoms with Gasteiger partial charge in [-0.1, -0.05) is 102 Å². The van der Waals surface area contributed by atoms with E-state index in [1.165, 1.54) is 24.3 Å². The third kappa shape index (κ3) is 7.37. The average Bonchev–Trinajstić information content (AvgIpc) is 2.90. The lowest BCUT2D eigenvalue weighted by atomic mass is 10.1. The van der Waals surface area contributed by atoms with E-state index < -0.39 is 10.0 Å². The Hall–Kier alpha value is -2.87. The van der Waals surface area contributed by atoms with Crippen LogP contribution in [0, 0.1) is 0 Å². The molecule has 0 bridgehead atoms. The maximum atomic E-state index is 13.8. The highest BCUT2D eigenvalue weighted by Gasteiger charge is 2.29. The highest BCUT2D eigenvalue weighted by Crippen LogP contribution is 2.26. The Morgan fingerprint density at radius 2 is 1.18 bits per heavy atom. The first-order valence-electron chi connectivity index (χ1n) is 11.8. The van der Waals surface area contributed by atoms with Crippen molar-refractivity contribution in [3.63, 3.8) is 0 Å². The average molecular weight is 588 g/mol. The second kappa shape index (κ2) is 12.8. The molecular weight excluding hydrogens is 563 g/mol. The predicted octanol–water partition coefficient (Wildman–Crippen LogP) is 7.07. The van der Waals surface area contributed by atoms with Crippen molar-refractivity contribution in [3.05, 3.63) is 135 Å². The molecular formula is C29H25Cl3N2O3S. The molecule has 0 N–H and O–H groups in total. The van der Waals surface area contributed by atoms with Crippen LogP contribution in [0.4, 0.5) is 0 Å². The Bertz CT molecular complexity index is 1440. The summed E-state index contributed by atoms with van der Waals surface area (Å²) in [6, 6.07) is 29.8. The van der Waals surface area contributed by atoms with Crippen molar-refractivity contribution in [2.24, 2.45) is 0 Å². The zero-order chi connectivity index (χ0) is 27.1. The van der Waals surface area contributed by atoms with E-state index in [0.717, 1.165) is 15.4 Å². The minimum atomic E-state index is -4.08. The summed E-state index contributed by atoms with van der Waals surface area (Å²) in [5.74, 6) is -0.347. The van der Waals surface area contributed by atoms with Gasteiger partial charge in [-0.3, -0.25) is 4.79 Å². The fraction of sp³-hybridized carbons (Fsp3) is 0.138. The molecule has 5 nitrogen and oxygen atoms in total. The molecule has 196 valence electrons. The second-order valence-corrected chi connectivity index (χ2v) is 11.9. The van der Waals surface area contributed by atoms with Crippen LogP contribution in [0.3, 0.4) is 0 Å². The van der Waals surface area contributed by atoms with Crippen molar-refractivity contribution in [2.45, 2.75) is 24.5 Å². The Balaban J connectivity index is 1.67. The van der Waals surface area contributed by atoms with Crippen LogP contribution in [-0.4, -0.2) is 30.1 Å². The number of sulfonamides is 1. The summed E-state index contributed by atoms with van der Waals surface area (Å²) in [5, 5.41) is 1.15. The van der Waals surface area contributed by atoms with Gasteiger partial charge in [0.1, 0.15) is 0 Å². The van der Waals surface area contributed by atoms with Crippen LogP contribution in [0.25, 0.3) is 0 Å². The summed E-state index contributed by atoms with van der Waals surface area (Å²) in [5.41, 5.74) is 2.40. The van der Waals surface area contributed by atoms with Gasteiger partial charge in [-0.25, -0.2) is 8.42 Å². The molecule has 0 spiro atoms. The maximum Gasteiger partial charge on any atom is 0.243 e. The molecule has 0 saturated carbocycles. The first-order valence-corrected chi connectivity index (χ1v) is 14.3. The van der Waals surface area contributed by atoms with E-state index in [9.17, 15) is 13.2 Å². The van der Waals surface area contributed by atoms with E-state index in [2.05, 4.69) is 0 Å². The summed E-state index contributed by atoms with van der Waals surface area (Å²) in [6.45, 7) is 0.150. The SMILES string of the molecule is O=C(CN(Cc1ccc(Cl)cc1Cl)S(=O)(=O)c1ccc(Cl)cc1)N(Cc1ccccc1)Cc1ccccc1. The zero-order valence-corrected chi connectivity index (χ0v) is 23.4. The molecule has 0 aliphatic heterocycles. The Morgan fingerprint density at radius 1 is 0.658 bits per heavy atom. The van der Waals surface area contributed by atoms with Crippen LogP contribution in [0.5, 0.6) is 0 Å². The third-order valence-corrected chi connectivity index (χ3v) is 8.55. The van der Waals surface area contributed by atoms with Gasteiger partial charge in [0, 0.05) is 34.7 Å². The quantitative estimate of drug-likeness (QED) is 0.199. The van der Waals surface area contributed by atoms with Crippen LogP contribution < -0.4 is 0 Å². The zero-order valence-electron chi connectivity index (χ0n) is 20.3. The van der Waals surface area contributed by atoms with Gasteiger partial charge >= 0.3 is 0 Å². The van der Waals surface area contributed by atoms with E-state index in [0.29, 0.717) is 33.7 Å². The van der Waals surface area contributed by atoms with Crippen LogP contribution in [0.15, 0.2) is 108 Å². The normalized spacial score (nSPS) is 11.5. The fourth-order valence-electron chi connectivity index (χ4n) is 3.91. The van der Waals surface area contributed by atoms with Crippen molar-refractivity contribution < 1.29 is 13.2 Å².